The van der Waals surface area contributed by atoms with Crippen LogP contribution in [0, 0.1) is 5.92 Å². The van der Waals surface area contributed by atoms with Gasteiger partial charge in [0.1, 0.15) is 0 Å². The summed E-state index contributed by atoms with van der Waals surface area (Å²) in [5.74, 6) is 0.709. The molecule has 0 aromatic rings. The molecule has 5 heteroatoms. The van der Waals surface area contributed by atoms with E-state index in [0.29, 0.717) is 18.0 Å². The fourth-order valence-electron chi connectivity index (χ4n) is 2.15. The van der Waals surface area contributed by atoms with E-state index < -0.39 is 0 Å². The molecule has 1 fully saturated rings. The Morgan fingerprint density at radius 1 is 1.11 bits per heavy atom. The summed E-state index contributed by atoms with van der Waals surface area (Å²) in [6, 6.07) is 0.801. The van der Waals surface area contributed by atoms with Gasteiger partial charge in [-0.25, -0.2) is 5.48 Å². The van der Waals surface area contributed by atoms with Crippen LogP contribution in [0.3, 0.4) is 0 Å². The summed E-state index contributed by atoms with van der Waals surface area (Å²) in [6.07, 6.45) is 3.36. The summed E-state index contributed by atoms with van der Waals surface area (Å²) in [5, 5.41) is 0. The Kier molecular flexibility index (Phi) is 8.57. The highest BCUT2D eigenvalue weighted by atomic mass is 16.6. The molecule has 1 aliphatic heterocycles. The van der Waals surface area contributed by atoms with Gasteiger partial charge in [-0.05, 0) is 47.1 Å². The number of hydrogen-bond acceptors (Lipinski definition) is 5. The molecule has 0 amide bonds. The van der Waals surface area contributed by atoms with Crippen LogP contribution in [0.1, 0.15) is 40.0 Å². The van der Waals surface area contributed by atoms with Crippen molar-refractivity contribution in [2.45, 2.75) is 52.1 Å². The standard InChI is InChI=1S/C14H31N3O2/c1-12(2)15-18-8-6-5-7-13(3)16-19-11-14-9-17(4)10-14/h12-16H,5-11H2,1-4H3. The van der Waals surface area contributed by atoms with E-state index in [-0.39, 0.29) is 0 Å². The van der Waals surface area contributed by atoms with Crippen molar-refractivity contribution in [1.29, 1.82) is 0 Å². The second kappa shape index (κ2) is 9.66. The van der Waals surface area contributed by atoms with Gasteiger partial charge in [-0.3, -0.25) is 0 Å². The average molecular weight is 273 g/mol. The Hall–Kier alpha value is -0.200. The quantitative estimate of drug-likeness (QED) is 0.442. The van der Waals surface area contributed by atoms with Crippen molar-refractivity contribution >= 4 is 0 Å². The van der Waals surface area contributed by atoms with Gasteiger partial charge < -0.3 is 14.6 Å². The normalized spacial score (nSPS) is 18.8. The van der Waals surface area contributed by atoms with E-state index >= 15 is 0 Å². The minimum absolute atomic E-state index is 0.388. The molecule has 2 N–H and O–H groups in total. The first-order chi connectivity index (χ1) is 9.08. The third-order valence-corrected chi connectivity index (χ3v) is 3.20. The number of rotatable bonds is 11. The van der Waals surface area contributed by atoms with E-state index in [2.05, 4.69) is 43.7 Å². The SMILES string of the molecule is CC(C)NOCCCCC(C)NOCC1CN(C)C1. The van der Waals surface area contributed by atoms with E-state index in [0.717, 1.165) is 45.6 Å². The van der Waals surface area contributed by atoms with Crippen molar-refractivity contribution in [3.63, 3.8) is 0 Å². The van der Waals surface area contributed by atoms with Crippen molar-refractivity contribution in [1.82, 2.24) is 15.9 Å². The van der Waals surface area contributed by atoms with Gasteiger partial charge in [0.25, 0.3) is 0 Å². The molecule has 1 atom stereocenters. The lowest BCUT2D eigenvalue weighted by Crippen LogP contribution is -2.47. The van der Waals surface area contributed by atoms with E-state index in [9.17, 15) is 0 Å². The number of unbranched alkanes of at least 4 members (excludes halogenated alkanes) is 1. The Labute approximate surface area is 117 Å². The maximum Gasteiger partial charge on any atom is 0.0734 e. The van der Waals surface area contributed by atoms with Crippen LogP contribution in [-0.2, 0) is 9.68 Å². The maximum atomic E-state index is 5.54. The van der Waals surface area contributed by atoms with Crippen molar-refractivity contribution in [2.24, 2.45) is 5.92 Å². The molecule has 19 heavy (non-hydrogen) atoms. The minimum Gasteiger partial charge on any atom is -0.306 e. The summed E-state index contributed by atoms with van der Waals surface area (Å²) < 4.78 is 0. The molecule has 1 rings (SSSR count). The van der Waals surface area contributed by atoms with E-state index in [4.69, 9.17) is 9.68 Å². The van der Waals surface area contributed by atoms with Gasteiger partial charge in [-0.1, -0.05) is 0 Å². The molecule has 5 nitrogen and oxygen atoms in total. The average Bonchev–Trinajstić information content (AvgIpc) is 2.31. The molecule has 1 unspecified atom stereocenters. The van der Waals surface area contributed by atoms with E-state index in [1.54, 1.807) is 0 Å². The molecule has 114 valence electrons. The first-order valence-electron chi connectivity index (χ1n) is 7.51. The van der Waals surface area contributed by atoms with Crippen LogP contribution < -0.4 is 11.0 Å². The largest absolute Gasteiger partial charge is 0.306 e. The van der Waals surface area contributed by atoms with Crippen LogP contribution in [0.15, 0.2) is 0 Å². The molecule has 1 aliphatic rings. The highest BCUT2D eigenvalue weighted by Crippen LogP contribution is 2.12. The van der Waals surface area contributed by atoms with E-state index in [1.807, 2.05) is 0 Å². The van der Waals surface area contributed by atoms with E-state index in [1.165, 1.54) is 0 Å². The fourth-order valence-corrected chi connectivity index (χ4v) is 2.15. The minimum atomic E-state index is 0.388. The van der Waals surface area contributed by atoms with Crippen molar-refractivity contribution < 1.29 is 9.68 Å². The Morgan fingerprint density at radius 2 is 1.84 bits per heavy atom. The predicted molar refractivity (Wildman–Crippen MR) is 77.6 cm³/mol. The Bertz CT molecular complexity index is 221. The number of hydrogen-bond donors (Lipinski definition) is 2. The van der Waals surface area contributed by atoms with Gasteiger partial charge in [0, 0.05) is 31.1 Å². The molecular weight excluding hydrogens is 242 g/mol. The van der Waals surface area contributed by atoms with Crippen LogP contribution in [-0.4, -0.2) is 50.3 Å². The zero-order chi connectivity index (χ0) is 14.1. The first kappa shape index (κ1) is 16.9. The zero-order valence-corrected chi connectivity index (χ0v) is 12.9. The topological polar surface area (TPSA) is 45.8 Å². The second-order valence-electron chi connectivity index (χ2n) is 6.03. The lowest BCUT2D eigenvalue weighted by Gasteiger charge is -2.35. The molecule has 1 saturated heterocycles. The number of nitrogens with zero attached hydrogens (tertiary/aromatic N) is 1. The summed E-state index contributed by atoms with van der Waals surface area (Å²) in [7, 11) is 2.14. The Balaban J connectivity index is 1.81. The predicted octanol–water partition coefficient (Wildman–Crippen LogP) is 1.56. The third kappa shape index (κ3) is 8.55. The molecule has 0 aromatic heterocycles. The van der Waals surface area contributed by atoms with Gasteiger partial charge in [0.05, 0.1) is 13.2 Å². The molecule has 0 spiro atoms. The van der Waals surface area contributed by atoms with Gasteiger partial charge in [0.2, 0.25) is 0 Å². The number of likely N-dealkylation sites (tertiary alicyclic amines) is 1. The highest BCUT2D eigenvalue weighted by molar-refractivity contribution is 4.75. The monoisotopic (exact) mass is 273 g/mol. The molecule has 0 aromatic carbocycles. The van der Waals surface area contributed by atoms with Crippen molar-refractivity contribution in [3.8, 4) is 0 Å². The van der Waals surface area contributed by atoms with Crippen LogP contribution in [0.2, 0.25) is 0 Å². The Morgan fingerprint density at radius 3 is 2.47 bits per heavy atom. The van der Waals surface area contributed by atoms with Crippen LogP contribution in [0.5, 0.6) is 0 Å². The smallest absolute Gasteiger partial charge is 0.0734 e. The second-order valence-corrected chi connectivity index (χ2v) is 6.03. The van der Waals surface area contributed by atoms with Crippen LogP contribution in [0.25, 0.3) is 0 Å². The highest BCUT2D eigenvalue weighted by Gasteiger charge is 2.23. The molecule has 0 aliphatic carbocycles. The molecule has 1 heterocycles. The third-order valence-electron chi connectivity index (χ3n) is 3.20. The van der Waals surface area contributed by atoms with Gasteiger partial charge in [0.15, 0.2) is 0 Å². The van der Waals surface area contributed by atoms with Gasteiger partial charge in [-0.15, -0.1) is 0 Å². The van der Waals surface area contributed by atoms with Crippen LogP contribution >= 0.6 is 0 Å². The zero-order valence-electron chi connectivity index (χ0n) is 12.9. The first-order valence-corrected chi connectivity index (χ1v) is 7.51. The van der Waals surface area contributed by atoms with Crippen molar-refractivity contribution in [3.05, 3.63) is 0 Å². The van der Waals surface area contributed by atoms with Crippen LogP contribution in [0.4, 0.5) is 0 Å². The maximum absolute atomic E-state index is 5.54. The molecule has 0 saturated carbocycles. The summed E-state index contributed by atoms with van der Waals surface area (Å²) >= 11 is 0. The summed E-state index contributed by atoms with van der Waals surface area (Å²) in [5.41, 5.74) is 6.08. The molecular formula is C14H31N3O2. The molecule has 0 bridgehead atoms. The lowest BCUT2D eigenvalue weighted by molar-refractivity contribution is -0.0375. The van der Waals surface area contributed by atoms with Gasteiger partial charge >= 0.3 is 0 Å². The fraction of sp³-hybridized carbons (Fsp3) is 1.00. The lowest BCUT2D eigenvalue weighted by atomic mass is 10.0. The summed E-state index contributed by atoms with van der Waals surface area (Å²) in [4.78, 5) is 13.2. The number of nitrogens with one attached hydrogen (secondary N) is 2. The number of hydroxylamine groups is 2. The van der Waals surface area contributed by atoms with Crippen molar-refractivity contribution in [2.75, 3.05) is 33.4 Å². The van der Waals surface area contributed by atoms with Gasteiger partial charge in [-0.2, -0.15) is 5.48 Å². The molecule has 0 radical (unpaired) electrons. The summed E-state index contributed by atoms with van der Waals surface area (Å²) in [6.45, 7) is 10.2.